The topological polar surface area (TPSA) is 40.5 Å². The number of aliphatic hydroxyl groups is 2. The van der Waals surface area contributed by atoms with Crippen LogP contribution in [0.15, 0.2) is 66.7 Å². The molecule has 1 aliphatic rings. The largest absolute Gasteiger partial charge is 0.396 e. The Kier molecular flexibility index (Phi) is 6.05. The normalized spacial score (nSPS) is 21.0. The van der Waals surface area contributed by atoms with E-state index in [2.05, 4.69) is 88.4 Å². The van der Waals surface area contributed by atoms with Crippen molar-refractivity contribution < 1.29 is 10.2 Å². The Morgan fingerprint density at radius 3 is 2.23 bits per heavy atom. The van der Waals surface area contributed by atoms with Gasteiger partial charge in [-0.3, -0.25) is 0 Å². The van der Waals surface area contributed by atoms with E-state index in [4.69, 9.17) is 0 Å². The van der Waals surface area contributed by atoms with E-state index in [0.717, 1.165) is 6.42 Å². The van der Waals surface area contributed by atoms with Gasteiger partial charge in [-0.2, -0.15) is 0 Å². The number of hydrogen-bond donors (Lipinski definition) is 2. The van der Waals surface area contributed by atoms with Crippen molar-refractivity contribution in [1.29, 1.82) is 0 Å². The molecule has 0 saturated heterocycles. The second-order valence-corrected chi connectivity index (χ2v) is 10.1. The molecule has 0 saturated carbocycles. The fourth-order valence-corrected chi connectivity index (χ4v) is 5.34. The van der Waals surface area contributed by atoms with Crippen LogP contribution in [0.4, 0.5) is 0 Å². The van der Waals surface area contributed by atoms with Gasteiger partial charge in [0.05, 0.1) is 0 Å². The summed E-state index contributed by atoms with van der Waals surface area (Å²) in [6, 6.07) is 24.0. The van der Waals surface area contributed by atoms with Gasteiger partial charge in [0.1, 0.15) is 0 Å². The molecule has 3 atom stereocenters. The van der Waals surface area contributed by atoms with Crippen LogP contribution in [0.1, 0.15) is 54.5 Å². The maximum absolute atomic E-state index is 10.4. The Morgan fingerprint density at radius 1 is 0.839 bits per heavy atom. The van der Waals surface area contributed by atoms with Crippen LogP contribution in [-0.4, -0.2) is 23.4 Å². The monoisotopic (exact) mass is 414 g/mol. The fourth-order valence-electron chi connectivity index (χ4n) is 5.34. The van der Waals surface area contributed by atoms with E-state index in [1.54, 1.807) is 0 Å². The number of fused-ring (bicyclic) bond motifs is 1. The van der Waals surface area contributed by atoms with Crippen LogP contribution in [0, 0.1) is 18.8 Å². The summed E-state index contributed by atoms with van der Waals surface area (Å²) in [4.78, 5) is 0. The zero-order valence-electron chi connectivity index (χ0n) is 19.1. The molecule has 162 valence electrons. The minimum Gasteiger partial charge on any atom is -0.396 e. The standard InChI is InChI=1S/C29H34O2/c1-19-10-11-23(16-27(19)29(2,3)4)28-25-15-21(20-8-6-5-7-9-20)12-13-22(25)14-24(17-30)26(28)18-31/h5-13,15-16,24,26,28,30-31H,14,17-18H2,1-4H3/t24-,26-,28?/m1/s1. The smallest absolute Gasteiger partial charge is 0.0471 e. The summed E-state index contributed by atoms with van der Waals surface area (Å²) in [5.74, 6) is 0.125. The first-order valence-electron chi connectivity index (χ1n) is 11.3. The van der Waals surface area contributed by atoms with Gasteiger partial charge in [0, 0.05) is 19.1 Å². The first kappa shape index (κ1) is 21.8. The molecule has 0 radical (unpaired) electrons. The van der Waals surface area contributed by atoms with E-state index in [1.807, 2.05) is 6.07 Å². The van der Waals surface area contributed by atoms with Gasteiger partial charge in [0.2, 0.25) is 0 Å². The second-order valence-electron chi connectivity index (χ2n) is 10.1. The zero-order valence-corrected chi connectivity index (χ0v) is 19.1. The molecule has 0 bridgehead atoms. The molecule has 0 aliphatic heterocycles. The predicted octanol–water partition coefficient (Wildman–Crippen LogP) is 5.86. The second kappa shape index (κ2) is 8.61. The molecule has 3 aromatic rings. The van der Waals surface area contributed by atoms with Gasteiger partial charge in [-0.05, 0) is 69.5 Å². The highest BCUT2D eigenvalue weighted by Gasteiger charge is 2.37. The van der Waals surface area contributed by atoms with E-state index in [-0.39, 0.29) is 36.4 Å². The Morgan fingerprint density at radius 2 is 1.58 bits per heavy atom. The average Bonchev–Trinajstić information content (AvgIpc) is 2.77. The highest BCUT2D eigenvalue weighted by atomic mass is 16.3. The Labute approximate surface area is 186 Å². The summed E-state index contributed by atoms with van der Waals surface area (Å²) in [5, 5.41) is 20.5. The summed E-state index contributed by atoms with van der Waals surface area (Å²) >= 11 is 0. The maximum Gasteiger partial charge on any atom is 0.0471 e. The van der Waals surface area contributed by atoms with Crippen molar-refractivity contribution in [3.8, 4) is 11.1 Å². The quantitative estimate of drug-likeness (QED) is 0.561. The SMILES string of the molecule is Cc1ccc(C2c3cc(-c4ccccc4)ccc3C[C@H](CO)[C@H]2CO)cc1C(C)(C)C. The number of rotatable bonds is 4. The van der Waals surface area contributed by atoms with Crippen molar-refractivity contribution in [1.82, 2.24) is 0 Å². The zero-order chi connectivity index (χ0) is 22.2. The van der Waals surface area contributed by atoms with Crippen LogP contribution in [0.2, 0.25) is 0 Å². The van der Waals surface area contributed by atoms with E-state index in [9.17, 15) is 10.2 Å². The molecule has 0 amide bonds. The highest BCUT2D eigenvalue weighted by Crippen LogP contribution is 2.45. The summed E-state index contributed by atoms with van der Waals surface area (Å²) < 4.78 is 0. The fraction of sp³-hybridized carbons (Fsp3) is 0.379. The Hall–Kier alpha value is -2.42. The van der Waals surface area contributed by atoms with Gasteiger partial charge in [0.25, 0.3) is 0 Å². The van der Waals surface area contributed by atoms with Crippen molar-refractivity contribution in [2.45, 2.75) is 45.4 Å². The molecule has 0 aromatic heterocycles. The lowest BCUT2D eigenvalue weighted by Gasteiger charge is -2.39. The van der Waals surface area contributed by atoms with Crippen molar-refractivity contribution in [3.63, 3.8) is 0 Å². The molecule has 1 aliphatic carbocycles. The predicted molar refractivity (Wildman–Crippen MR) is 128 cm³/mol. The lowest BCUT2D eigenvalue weighted by atomic mass is 9.66. The molecule has 2 N–H and O–H groups in total. The highest BCUT2D eigenvalue weighted by molar-refractivity contribution is 5.66. The van der Waals surface area contributed by atoms with Gasteiger partial charge in [-0.25, -0.2) is 0 Å². The summed E-state index contributed by atoms with van der Waals surface area (Å²) in [5.41, 5.74) is 8.89. The minimum absolute atomic E-state index is 0.000882. The molecule has 1 unspecified atom stereocenters. The summed E-state index contributed by atoms with van der Waals surface area (Å²) in [6.07, 6.45) is 0.806. The first-order chi connectivity index (χ1) is 14.8. The number of aliphatic hydroxyl groups excluding tert-OH is 2. The van der Waals surface area contributed by atoms with Crippen LogP contribution in [0.5, 0.6) is 0 Å². The van der Waals surface area contributed by atoms with Crippen molar-refractivity contribution in [2.75, 3.05) is 13.2 Å². The first-order valence-corrected chi connectivity index (χ1v) is 11.3. The molecular weight excluding hydrogens is 380 g/mol. The number of aryl methyl sites for hydroxylation is 1. The molecule has 0 fully saturated rings. The molecule has 0 spiro atoms. The van der Waals surface area contributed by atoms with Crippen molar-refractivity contribution in [3.05, 3.63) is 94.5 Å². The minimum atomic E-state index is -0.000882. The Bertz CT molecular complexity index is 1050. The van der Waals surface area contributed by atoms with Crippen molar-refractivity contribution >= 4 is 0 Å². The van der Waals surface area contributed by atoms with Crippen LogP contribution in [-0.2, 0) is 11.8 Å². The molecule has 0 heterocycles. The van der Waals surface area contributed by atoms with Gasteiger partial charge in [-0.1, -0.05) is 87.5 Å². The third-order valence-electron chi connectivity index (χ3n) is 6.98. The number of hydrogen-bond acceptors (Lipinski definition) is 2. The molecule has 4 rings (SSSR count). The number of benzene rings is 3. The van der Waals surface area contributed by atoms with Gasteiger partial charge >= 0.3 is 0 Å². The summed E-state index contributed by atoms with van der Waals surface area (Å²) in [6.45, 7) is 9.10. The lowest BCUT2D eigenvalue weighted by molar-refractivity contribution is 0.101. The van der Waals surface area contributed by atoms with Crippen LogP contribution >= 0.6 is 0 Å². The third-order valence-corrected chi connectivity index (χ3v) is 6.98. The van der Waals surface area contributed by atoms with E-state index >= 15 is 0 Å². The van der Waals surface area contributed by atoms with E-state index in [1.165, 1.54) is 38.9 Å². The maximum atomic E-state index is 10.4. The van der Waals surface area contributed by atoms with Crippen LogP contribution < -0.4 is 0 Å². The van der Waals surface area contributed by atoms with Gasteiger partial charge in [0.15, 0.2) is 0 Å². The summed E-state index contributed by atoms with van der Waals surface area (Å²) in [7, 11) is 0. The molecule has 3 aromatic carbocycles. The Balaban J connectivity index is 1.90. The molecule has 31 heavy (non-hydrogen) atoms. The van der Waals surface area contributed by atoms with Gasteiger partial charge < -0.3 is 10.2 Å². The molecule has 2 nitrogen and oxygen atoms in total. The molecular formula is C29H34O2. The molecule has 2 heteroatoms. The van der Waals surface area contributed by atoms with E-state index < -0.39 is 0 Å². The third kappa shape index (κ3) is 4.20. The van der Waals surface area contributed by atoms with Crippen molar-refractivity contribution in [2.24, 2.45) is 11.8 Å². The van der Waals surface area contributed by atoms with E-state index in [0.29, 0.717) is 0 Å². The lowest BCUT2D eigenvalue weighted by Crippen LogP contribution is -2.35. The van der Waals surface area contributed by atoms with Gasteiger partial charge in [-0.15, -0.1) is 0 Å². The average molecular weight is 415 g/mol. The van der Waals surface area contributed by atoms with Crippen LogP contribution in [0.3, 0.4) is 0 Å². The van der Waals surface area contributed by atoms with Crippen LogP contribution in [0.25, 0.3) is 11.1 Å².